The highest BCUT2D eigenvalue weighted by Gasteiger charge is 2.32. The fraction of sp³-hybridized carbons (Fsp3) is 0.778. The Hall–Kier alpha value is -1.30. The van der Waals surface area contributed by atoms with Crippen molar-refractivity contribution in [2.24, 2.45) is 21.5 Å². The lowest BCUT2D eigenvalue weighted by molar-refractivity contribution is -0.157. The van der Waals surface area contributed by atoms with Crippen LogP contribution in [0.1, 0.15) is 33.6 Å². The Balaban J connectivity index is 2.67. The van der Waals surface area contributed by atoms with Gasteiger partial charge in [-0.25, -0.2) is 4.99 Å². The highest BCUT2D eigenvalue weighted by molar-refractivity contribution is 5.95. The molecule has 1 aliphatic rings. The SMILES string of the molecule is CCCCON1C(N)=NC(N)=NC1(C)C. The standard InChI is InChI=1S/C9H19N5O/c1-4-5-6-15-14-8(11)12-7(10)13-9(14,2)3/h4-6H2,1-3H3,(H4,10,11,12,13). The number of aliphatic imine (C=N–C) groups is 2. The van der Waals surface area contributed by atoms with E-state index < -0.39 is 5.66 Å². The zero-order chi connectivity index (χ0) is 11.5. The highest BCUT2D eigenvalue weighted by Crippen LogP contribution is 2.19. The van der Waals surface area contributed by atoms with Crippen LogP contribution >= 0.6 is 0 Å². The molecule has 0 aromatic rings. The molecule has 0 unspecified atom stereocenters. The van der Waals surface area contributed by atoms with Crippen molar-refractivity contribution >= 4 is 11.9 Å². The van der Waals surface area contributed by atoms with E-state index >= 15 is 0 Å². The molecular weight excluding hydrogens is 194 g/mol. The van der Waals surface area contributed by atoms with Gasteiger partial charge in [-0.1, -0.05) is 13.3 Å². The fourth-order valence-corrected chi connectivity index (χ4v) is 1.32. The predicted octanol–water partition coefficient (Wildman–Crippen LogP) is 0.399. The van der Waals surface area contributed by atoms with Crippen molar-refractivity contribution in [3.63, 3.8) is 0 Å². The molecule has 0 aliphatic carbocycles. The summed E-state index contributed by atoms with van der Waals surface area (Å²) < 4.78 is 0. The average molecular weight is 213 g/mol. The van der Waals surface area contributed by atoms with Gasteiger partial charge in [-0.15, -0.1) is 0 Å². The first-order valence-corrected chi connectivity index (χ1v) is 5.10. The van der Waals surface area contributed by atoms with Gasteiger partial charge in [0.05, 0.1) is 6.61 Å². The molecule has 0 fully saturated rings. The van der Waals surface area contributed by atoms with E-state index in [9.17, 15) is 0 Å². The number of guanidine groups is 2. The molecule has 0 amide bonds. The summed E-state index contributed by atoms with van der Waals surface area (Å²) in [7, 11) is 0. The molecule has 0 spiro atoms. The molecule has 1 rings (SSSR count). The van der Waals surface area contributed by atoms with Crippen molar-refractivity contribution in [1.29, 1.82) is 0 Å². The van der Waals surface area contributed by atoms with E-state index in [0.717, 1.165) is 12.8 Å². The van der Waals surface area contributed by atoms with Crippen LogP contribution in [0.2, 0.25) is 0 Å². The van der Waals surface area contributed by atoms with Gasteiger partial charge in [-0.05, 0) is 20.3 Å². The largest absolute Gasteiger partial charge is 0.368 e. The van der Waals surface area contributed by atoms with Gasteiger partial charge in [-0.3, -0.25) is 4.84 Å². The second-order valence-electron chi connectivity index (χ2n) is 3.92. The van der Waals surface area contributed by atoms with E-state index in [0.29, 0.717) is 6.61 Å². The zero-order valence-electron chi connectivity index (χ0n) is 9.53. The number of hydrogen-bond acceptors (Lipinski definition) is 6. The number of nitrogens with two attached hydrogens (primary N) is 2. The summed E-state index contributed by atoms with van der Waals surface area (Å²) in [5.74, 6) is 0.441. The predicted molar refractivity (Wildman–Crippen MR) is 60.0 cm³/mol. The first-order valence-electron chi connectivity index (χ1n) is 5.10. The second-order valence-corrected chi connectivity index (χ2v) is 3.92. The lowest BCUT2D eigenvalue weighted by atomic mass is 10.2. The van der Waals surface area contributed by atoms with Crippen LogP contribution < -0.4 is 11.5 Å². The van der Waals surface area contributed by atoms with Gasteiger partial charge in [0.15, 0.2) is 5.66 Å². The Morgan fingerprint density at radius 3 is 2.60 bits per heavy atom. The third-order valence-corrected chi connectivity index (χ3v) is 2.04. The zero-order valence-corrected chi connectivity index (χ0v) is 9.53. The van der Waals surface area contributed by atoms with Crippen LogP contribution in [0.4, 0.5) is 0 Å². The summed E-state index contributed by atoms with van der Waals surface area (Å²) in [6, 6.07) is 0. The molecule has 15 heavy (non-hydrogen) atoms. The van der Waals surface area contributed by atoms with Crippen molar-refractivity contribution < 1.29 is 4.84 Å². The minimum Gasteiger partial charge on any atom is -0.368 e. The van der Waals surface area contributed by atoms with Crippen LogP contribution in [0.25, 0.3) is 0 Å². The van der Waals surface area contributed by atoms with Gasteiger partial charge in [0, 0.05) is 0 Å². The topological polar surface area (TPSA) is 89.2 Å². The molecule has 0 atom stereocenters. The van der Waals surface area contributed by atoms with E-state index in [2.05, 4.69) is 16.9 Å². The third kappa shape index (κ3) is 2.82. The molecule has 1 heterocycles. The minimum absolute atomic E-state index is 0.188. The molecule has 0 saturated carbocycles. The number of rotatable bonds is 4. The third-order valence-electron chi connectivity index (χ3n) is 2.04. The summed E-state index contributed by atoms with van der Waals surface area (Å²) >= 11 is 0. The second kappa shape index (κ2) is 4.48. The van der Waals surface area contributed by atoms with Gasteiger partial charge in [-0.2, -0.15) is 10.1 Å². The summed E-state index contributed by atoms with van der Waals surface area (Å²) in [6.07, 6.45) is 2.04. The molecule has 0 saturated heterocycles. The fourth-order valence-electron chi connectivity index (χ4n) is 1.32. The first-order chi connectivity index (χ1) is 6.97. The summed E-state index contributed by atoms with van der Waals surface area (Å²) in [5, 5.41) is 1.50. The van der Waals surface area contributed by atoms with Crippen molar-refractivity contribution in [3.8, 4) is 0 Å². The maximum absolute atomic E-state index is 5.72. The van der Waals surface area contributed by atoms with Crippen molar-refractivity contribution in [2.45, 2.75) is 39.3 Å². The normalized spacial score (nSPS) is 19.8. The Kier molecular flexibility index (Phi) is 3.52. The van der Waals surface area contributed by atoms with E-state index in [1.54, 1.807) is 0 Å². The Morgan fingerprint density at radius 2 is 2.07 bits per heavy atom. The van der Waals surface area contributed by atoms with Crippen LogP contribution in [-0.2, 0) is 4.84 Å². The quantitative estimate of drug-likeness (QED) is 0.661. The number of hydroxylamine groups is 2. The molecule has 86 valence electrons. The van der Waals surface area contributed by atoms with Crippen LogP contribution in [0.15, 0.2) is 9.98 Å². The number of hydrogen-bond donors (Lipinski definition) is 2. The Morgan fingerprint density at radius 1 is 1.40 bits per heavy atom. The van der Waals surface area contributed by atoms with Crippen LogP contribution in [0.5, 0.6) is 0 Å². The van der Waals surface area contributed by atoms with Gasteiger partial charge in [0.1, 0.15) is 0 Å². The highest BCUT2D eigenvalue weighted by atomic mass is 16.7. The van der Waals surface area contributed by atoms with Gasteiger partial charge >= 0.3 is 0 Å². The smallest absolute Gasteiger partial charge is 0.226 e. The van der Waals surface area contributed by atoms with Gasteiger partial charge in [0.25, 0.3) is 0 Å². The van der Waals surface area contributed by atoms with Crippen LogP contribution in [0, 0.1) is 0 Å². The lowest BCUT2D eigenvalue weighted by Crippen LogP contribution is -2.53. The van der Waals surface area contributed by atoms with Crippen molar-refractivity contribution in [1.82, 2.24) is 5.06 Å². The average Bonchev–Trinajstić information content (AvgIpc) is 2.08. The number of nitrogens with zero attached hydrogens (tertiary/aromatic N) is 3. The van der Waals surface area contributed by atoms with Crippen molar-refractivity contribution in [3.05, 3.63) is 0 Å². The van der Waals surface area contributed by atoms with Gasteiger partial charge in [0.2, 0.25) is 11.9 Å². The molecule has 0 radical (unpaired) electrons. The van der Waals surface area contributed by atoms with E-state index in [4.69, 9.17) is 16.3 Å². The molecule has 1 aliphatic heterocycles. The molecule has 6 nitrogen and oxygen atoms in total. The molecule has 0 aromatic heterocycles. The summed E-state index contributed by atoms with van der Waals surface area (Å²) in [6.45, 7) is 6.44. The first kappa shape index (κ1) is 11.8. The molecule has 0 bridgehead atoms. The Labute approximate surface area is 90.0 Å². The molecular formula is C9H19N5O. The van der Waals surface area contributed by atoms with E-state index in [1.165, 1.54) is 5.06 Å². The maximum Gasteiger partial charge on any atom is 0.226 e. The van der Waals surface area contributed by atoms with Crippen LogP contribution in [0.3, 0.4) is 0 Å². The molecule has 4 N–H and O–H groups in total. The minimum atomic E-state index is -0.594. The molecule has 6 heteroatoms. The maximum atomic E-state index is 5.72. The number of unbranched alkanes of at least 4 members (excludes halogenated alkanes) is 1. The van der Waals surface area contributed by atoms with Gasteiger partial charge < -0.3 is 11.5 Å². The van der Waals surface area contributed by atoms with E-state index in [1.807, 2.05) is 13.8 Å². The summed E-state index contributed by atoms with van der Waals surface area (Å²) in [5.41, 5.74) is 10.6. The van der Waals surface area contributed by atoms with Crippen molar-refractivity contribution in [2.75, 3.05) is 6.61 Å². The Bertz CT molecular complexity index is 284. The monoisotopic (exact) mass is 213 g/mol. The van der Waals surface area contributed by atoms with Crippen LogP contribution in [-0.4, -0.2) is 29.3 Å². The lowest BCUT2D eigenvalue weighted by Gasteiger charge is -2.36. The van der Waals surface area contributed by atoms with E-state index in [-0.39, 0.29) is 11.9 Å². The molecule has 0 aromatic carbocycles. The summed E-state index contributed by atoms with van der Waals surface area (Å²) in [4.78, 5) is 13.5.